The van der Waals surface area contributed by atoms with Crippen molar-refractivity contribution in [3.63, 3.8) is 0 Å². The Bertz CT molecular complexity index is 1050. The molecule has 0 fully saturated rings. The summed E-state index contributed by atoms with van der Waals surface area (Å²) in [5, 5.41) is 6.92. The van der Waals surface area contributed by atoms with Gasteiger partial charge in [-0.2, -0.15) is 18.3 Å². The molecule has 0 saturated heterocycles. The maximum atomic E-state index is 12.9. The number of amides is 2. The molecule has 0 aliphatic carbocycles. The zero-order chi connectivity index (χ0) is 20.8. The molecular weight excluding hydrogens is 387 g/mol. The van der Waals surface area contributed by atoms with Crippen molar-refractivity contribution in [1.82, 2.24) is 25.0 Å². The second-order valence-corrected chi connectivity index (χ2v) is 6.96. The van der Waals surface area contributed by atoms with Crippen LogP contribution in [-0.4, -0.2) is 50.2 Å². The normalized spacial score (nSPS) is 15.2. The molecule has 0 unspecified atom stereocenters. The number of hydrogen-bond acceptors (Lipinski definition) is 3. The molecule has 10 heteroatoms. The first-order valence-electron chi connectivity index (χ1n) is 9.03. The molecule has 0 saturated carbocycles. The highest BCUT2D eigenvalue weighted by Gasteiger charge is 2.38. The van der Waals surface area contributed by atoms with Crippen LogP contribution in [0.15, 0.2) is 36.5 Å². The summed E-state index contributed by atoms with van der Waals surface area (Å²) in [7, 11) is 0. The molecule has 2 aromatic heterocycles. The summed E-state index contributed by atoms with van der Waals surface area (Å²) in [4.78, 5) is 29.9. The summed E-state index contributed by atoms with van der Waals surface area (Å²) in [6.07, 6.45) is -3.30. The van der Waals surface area contributed by atoms with Gasteiger partial charge < -0.3 is 15.2 Å². The van der Waals surface area contributed by atoms with E-state index < -0.39 is 18.1 Å². The van der Waals surface area contributed by atoms with Gasteiger partial charge in [0.2, 0.25) is 0 Å². The van der Waals surface area contributed by atoms with Crippen molar-refractivity contribution < 1.29 is 22.8 Å². The number of nitrogens with zero attached hydrogens (tertiary/aromatic N) is 3. The zero-order valence-corrected chi connectivity index (χ0v) is 15.5. The number of aromatic amines is 1. The molecular formula is C19H18F3N5O2. The van der Waals surface area contributed by atoms with Crippen LogP contribution >= 0.6 is 0 Å². The number of carbonyl (C=O) groups excluding carboxylic acids is 2. The van der Waals surface area contributed by atoms with Crippen LogP contribution in [0.4, 0.5) is 13.2 Å². The van der Waals surface area contributed by atoms with E-state index in [2.05, 4.69) is 10.1 Å². The number of rotatable bonds is 3. The second kappa shape index (κ2) is 6.94. The fourth-order valence-corrected chi connectivity index (χ4v) is 3.32. The summed E-state index contributed by atoms with van der Waals surface area (Å²) < 4.78 is 39.8. The molecule has 0 radical (unpaired) electrons. The maximum absolute atomic E-state index is 12.9. The summed E-state index contributed by atoms with van der Waals surface area (Å²) in [6.45, 7) is 1.68. The highest BCUT2D eigenvalue weighted by atomic mass is 19.4. The minimum atomic E-state index is -4.54. The molecule has 29 heavy (non-hydrogen) atoms. The van der Waals surface area contributed by atoms with Gasteiger partial charge in [-0.1, -0.05) is 18.2 Å². The van der Waals surface area contributed by atoms with E-state index in [4.69, 9.17) is 0 Å². The molecule has 1 aliphatic rings. The standard InChI is InChI=1S/C19H18F3N5O2/c1-11(19(20,21)22)24-17(28)13-9-23-27-7-6-26(10-16(13)27)18(29)15-8-12-4-2-3-5-14(12)25-15/h2-5,8-9,11,25H,6-7,10H2,1H3,(H,24,28)/t11-/m1/s1. The Morgan fingerprint density at radius 1 is 1.24 bits per heavy atom. The molecule has 2 amide bonds. The van der Waals surface area contributed by atoms with Crippen LogP contribution < -0.4 is 5.32 Å². The first-order chi connectivity index (χ1) is 13.7. The van der Waals surface area contributed by atoms with Gasteiger partial charge in [-0.15, -0.1) is 0 Å². The number of halogens is 3. The molecule has 2 N–H and O–H groups in total. The Balaban J connectivity index is 1.54. The van der Waals surface area contributed by atoms with Gasteiger partial charge >= 0.3 is 6.18 Å². The molecule has 1 aliphatic heterocycles. The van der Waals surface area contributed by atoms with Crippen molar-refractivity contribution in [3.05, 3.63) is 53.5 Å². The second-order valence-electron chi connectivity index (χ2n) is 6.96. The van der Waals surface area contributed by atoms with E-state index in [1.165, 1.54) is 6.20 Å². The van der Waals surface area contributed by atoms with E-state index >= 15 is 0 Å². The Hall–Kier alpha value is -3.30. The number of H-pyrrole nitrogens is 1. The topological polar surface area (TPSA) is 83.0 Å². The molecule has 152 valence electrons. The van der Waals surface area contributed by atoms with Crippen molar-refractivity contribution >= 4 is 22.7 Å². The first-order valence-corrected chi connectivity index (χ1v) is 9.03. The molecule has 0 bridgehead atoms. The van der Waals surface area contributed by atoms with Gasteiger partial charge in [0.1, 0.15) is 11.7 Å². The van der Waals surface area contributed by atoms with Gasteiger partial charge in [-0.05, 0) is 19.1 Å². The largest absolute Gasteiger partial charge is 0.408 e. The monoisotopic (exact) mass is 405 g/mol. The highest BCUT2D eigenvalue weighted by molar-refractivity contribution is 5.98. The third-order valence-electron chi connectivity index (χ3n) is 5.00. The third-order valence-corrected chi connectivity index (χ3v) is 5.00. The number of hydrogen-bond donors (Lipinski definition) is 2. The van der Waals surface area contributed by atoms with E-state index in [1.807, 2.05) is 29.6 Å². The van der Waals surface area contributed by atoms with Crippen LogP contribution in [0.1, 0.15) is 33.5 Å². The van der Waals surface area contributed by atoms with Crippen LogP contribution in [0.5, 0.6) is 0 Å². The Morgan fingerprint density at radius 3 is 2.72 bits per heavy atom. The van der Waals surface area contributed by atoms with E-state index in [-0.39, 0.29) is 18.0 Å². The number of carbonyl (C=O) groups is 2. The van der Waals surface area contributed by atoms with Crippen molar-refractivity contribution in [3.8, 4) is 0 Å². The minimum Gasteiger partial charge on any atom is -0.351 e. The Morgan fingerprint density at radius 2 is 2.00 bits per heavy atom. The summed E-state index contributed by atoms with van der Waals surface area (Å²) in [5.41, 5.74) is 1.69. The molecule has 1 aromatic carbocycles. The number of para-hydroxylation sites is 1. The first kappa shape index (κ1) is 19.0. The lowest BCUT2D eigenvalue weighted by Gasteiger charge is -2.28. The average Bonchev–Trinajstić information content (AvgIpc) is 3.30. The lowest BCUT2D eigenvalue weighted by Crippen LogP contribution is -2.44. The Labute approximate surface area is 163 Å². The zero-order valence-electron chi connectivity index (χ0n) is 15.5. The average molecular weight is 405 g/mol. The summed E-state index contributed by atoms with van der Waals surface area (Å²) in [5.74, 6) is -1.11. The number of alkyl halides is 3. The molecule has 1 atom stereocenters. The Kier molecular flexibility index (Phi) is 4.56. The van der Waals surface area contributed by atoms with E-state index in [1.54, 1.807) is 15.6 Å². The lowest BCUT2D eigenvalue weighted by molar-refractivity contribution is -0.149. The molecule has 3 heterocycles. The number of nitrogens with one attached hydrogen (secondary N) is 2. The fraction of sp³-hybridized carbons (Fsp3) is 0.316. The summed E-state index contributed by atoms with van der Waals surface area (Å²) >= 11 is 0. The van der Waals surface area contributed by atoms with Crippen molar-refractivity contribution in [1.29, 1.82) is 0 Å². The van der Waals surface area contributed by atoms with Gasteiger partial charge in [0, 0.05) is 17.4 Å². The van der Waals surface area contributed by atoms with Gasteiger partial charge in [0.05, 0.1) is 30.5 Å². The van der Waals surface area contributed by atoms with E-state index in [0.717, 1.165) is 17.8 Å². The maximum Gasteiger partial charge on any atom is 0.408 e. The predicted molar refractivity (Wildman–Crippen MR) is 98.2 cm³/mol. The van der Waals surface area contributed by atoms with Crippen molar-refractivity contribution in [2.24, 2.45) is 0 Å². The number of aromatic nitrogens is 3. The quantitative estimate of drug-likeness (QED) is 0.703. The smallest absolute Gasteiger partial charge is 0.351 e. The van der Waals surface area contributed by atoms with Gasteiger partial charge in [-0.3, -0.25) is 14.3 Å². The fourth-order valence-electron chi connectivity index (χ4n) is 3.32. The van der Waals surface area contributed by atoms with Crippen molar-refractivity contribution in [2.75, 3.05) is 6.54 Å². The third kappa shape index (κ3) is 3.57. The number of benzene rings is 1. The summed E-state index contributed by atoms with van der Waals surface area (Å²) in [6, 6.07) is 7.25. The van der Waals surface area contributed by atoms with Gasteiger partial charge in [0.15, 0.2) is 0 Å². The number of fused-ring (bicyclic) bond motifs is 2. The molecule has 3 aromatic rings. The SMILES string of the molecule is C[C@@H](NC(=O)c1cnn2c1CN(C(=O)c1cc3ccccc3[nH]1)CC2)C(F)(F)F. The van der Waals surface area contributed by atoms with Crippen LogP contribution in [-0.2, 0) is 13.1 Å². The molecule has 7 nitrogen and oxygen atoms in total. The minimum absolute atomic E-state index is 0.0373. The van der Waals surface area contributed by atoms with Crippen LogP contribution in [0, 0.1) is 0 Å². The van der Waals surface area contributed by atoms with Gasteiger partial charge in [0.25, 0.3) is 11.8 Å². The molecule has 0 spiro atoms. The van der Waals surface area contributed by atoms with E-state index in [0.29, 0.717) is 24.5 Å². The molecule has 4 rings (SSSR count). The van der Waals surface area contributed by atoms with Gasteiger partial charge in [-0.25, -0.2) is 0 Å². The lowest BCUT2D eigenvalue weighted by atomic mass is 10.1. The predicted octanol–water partition coefficient (Wildman–Crippen LogP) is 2.70. The van der Waals surface area contributed by atoms with Crippen LogP contribution in [0.3, 0.4) is 0 Å². The van der Waals surface area contributed by atoms with Crippen LogP contribution in [0.2, 0.25) is 0 Å². The van der Waals surface area contributed by atoms with Crippen LogP contribution in [0.25, 0.3) is 10.9 Å². The van der Waals surface area contributed by atoms with Crippen molar-refractivity contribution in [2.45, 2.75) is 32.2 Å². The highest BCUT2D eigenvalue weighted by Crippen LogP contribution is 2.23. The van der Waals surface area contributed by atoms with E-state index in [9.17, 15) is 22.8 Å².